The van der Waals surface area contributed by atoms with Crippen molar-refractivity contribution in [3.05, 3.63) is 47.3 Å². The van der Waals surface area contributed by atoms with Crippen LogP contribution >= 0.6 is 0 Å². The third kappa shape index (κ3) is 2.26. The summed E-state index contributed by atoms with van der Waals surface area (Å²) in [4.78, 5) is 18.7. The Hall–Kier alpha value is -2.14. The zero-order chi connectivity index (χ0) is 16.9. The van der Waals surface area contributed by atoms with Gasteiger partial charge in [-0.2, -0.15) is 0 Å². The number of nitrogens with two attached hydrogens (primary N) is 2. The molecule has 2 heterocycles. The molecule has 1 spiro atoms. The van der Waals surface area contributed by atoms with Gasteiger partial charge >= 0.3 is 0 Å². The van der Waals surface area contributed by atoms with Crippen molar-refractivity contribution in [1.82, 2.24) is 4.90 Å². The molecule has 5 heteroatoms. The van der Waals surface area contributed by atoms with Gasteiger partial charge in [-0.1, -0.05) is 24.3 Å². The van der Waals surface area contributed by atoms with Gasteiger partial charge in [0, 0.05) is 25.2 Å². The molecule has 1 aromatic rings. The number of aliphatic imine (C=N–C) groups is 1. The highest BCUT2D eigenvalue weighted by molar-refractivity contribution is 6.10. The molecule has 24 heavy (non-hydrogen) atoms. The van der Waals surface area contributed by atoms with Crippen molar-refractivity contribution in [2.24, 2.45) is 27.8 Å². The minimum absolute atomic E-state index is 0.0442. The highest BCUT2D eigenvalue weighted by atomic mass is 16.1. The molecule has 4 rings (SSSR count). The van der Waals surface area contributed by atoms with E-state index in [1.54, 1.807) is 0 Å². The van der Waals surface area contributed by atoms with Gasteiger partial charge in [0.1, 0.15) is 11.7 Å². The second kappa shape index (κ2) is 5.45. The van der Waals surface area contributed by atoms with Crippen LogP contribution < -0.4 is 11.5 Å². The monoisotopic (exact) mass is 324 g/mol. The number of allylic oxidation sites excluding steroid dienone is 1. The molecular weight excluding hydrogens is 300 g/mol. The second-order valence-corrected chi connectivity index (χ2v) is 7.37. The Balaban J connectivity index is 1.52. The van der Waals surface area contributed by atoms with E-state index >= 15 is 0 Å². The van der Waals surface area contributed by atoms with E-state index in [1.807, 2.05) is 6.92 Å². The number of hydrogen-bond donors (Lipinski definition) is 2. The topological polar surface area (TPSA) is 84.7 Å². The number of benzene rings is 1. The first-order valence-corrected chi connectivity index (χ1v) is 8.68. The first-order valence-electron chi connectivity index (χ1n) is 8.68. The summed E-state index contributed by atoms with van der Waals surface area (Å²) >= 11 is 0. The lowest BCUT2D eigenvalue weighted by Gasteiger charge is -2.44. The summed E-state index contributed by atoms with van der Waals surface area (Å²) in [5, 5.41) is 0. The average Bonchev–Trinajstić information content (AvgIpc) is 2.84. The number of ketones is 1. The lowest BCUT2D eigenvalue weighted by molar-refractivity contribution is -0.116. The summed E-state index contributed by atoms with van der Waals surface area (Å²) in [6, 6.07) is 8.64. The van der Waals surface area contributed by atoms with Crippen molar-refractivity contribution >= 4 is 11.6 Å². The summed E-state index contributed by atoms with van der Waals surface area (Å²) in [5.41, 5.74) is 15.2. The molecule has 4 N–H and O–H groups in total. The van der Waals surface area contributed by atoms with Gasteiger partial charge in [0.25, 0.3) is 0 Å². The molecule has 1 saturated heterocycles. The third-order valence-corrected chi connectivity index (χ3v) is 6.02. The molecule has 0 saturated carbocycles. The van der Waals surface area contributed by atoms with Gasteiger partial charge in [0.15, 0.2) is 5.78 Å². The molecule has 1 aromatic carbocycles. The molecule has 2 unspecified atom stereocenters. The number of nitrogens with zero attached hydrogens (tertiary/aromatic N) is 2. The largest absolute Gasteiger partial charge is 0.384 e. The van der Waals surface area contributed by atoms with E-state index in [2.05, 4.69) is 34.2 Å². The number of likely N-dealkylation sites (tertiary alicyclic amines) is 1. The summed E-state index contributed by atoms with van der Waals surface area (Å²) in [6.07, 6.45) is 4.53. The van der Waals surface area contributed by atoms with Crippen LogP contribution in [0.3, 0.4) is 0 Å². The molecule has 1 aliphatic carbocycles. The molecule has 3 aliphatic rings. The fourth-order valence-electron chi connectivity index (χ4n) is 4.49. The third-order valence-electron chi connectivity index (χ3n) is 6.02. The molecule has 0 amide bonds. The van der Waals surface area contributed by atoms with E-state index in [0.29, 0.717) is 5.82 Å². The Bertz CT molecular complexity index is 743. The highest BCUT2D eigenvalue weighted by Gasteiger charge is 2.46. The van der Waals surface area contributed by atoms with Gasteiger partial charge in [-0.15, -0.1) is 0 Å². The van der Waals surface area contributed by atoms with Crippen molar-refractivity contribution < 1.29 is 4.79 Å². The van der Waals surface area contributed by atoms with E-state index < -0.39 is 0 Å². The predicted molar refractivity (Wildman–Crippen MR) is 94.2 cm³/mol. The fourth-order valence-corrected chi connectivity index (χ4v) is 4.49. The Morgan fingerprint density at radius 1 is 1.25 bits per heavy atom. The summed E-state index contributed by atoms with van der Waals surface area (Å²) in [6.45, 7) is 3.67. The van der Waals surface area contributed by atoms with Gasteiger partial charge in [-0.25, -0.2) is 4.99 Å². The standard InChI is InChI=1S/C19H24N4O/c1-12-15(24)10-16(20)22-18(12)23-8-6-19(7-9-23)11-13-4-2-3-5-14(13)17(19)21/h2-5,10,12,17H,6-9,11,20-21H2,1H3. The number of piperidine rings is 1. The Morgan fingerprint density at radius 3 is 2.67 bits per heavy atom. The van der Waals surface area contributed by atoms with Gasteiger partial charge in [-0.3, -0.25) is 4.79 Å². The Kier molecular flexibility index (Phi) is 3.49. The summed E-state index contributed by atoms with van der Waals surface area (Å²) in [5.74, 6) is 0.973. The zero-order valence-electron chi connectivity index (χ0n) is 14.0. The van der Waals surface area contributed by atoms with Crippen LogP contribution in [0.5, 0.6) is 0 Å². The number of carbonyl (C=O) groups is 1. The molecule has 0 aromatic heterocycles. The molecule has 0 radical (unpaired) electrons. The molecule has 2 atom stereocenters. The van der Waals surface area contributed by atoms with Gasteiger partial charge in [-0.05, 0) is 42.7 Å². The van der Waals surface area contributed by atoms with Gasteiger partial charge < -0.3 is 16.4 Å². The summed E-state index contributed by atoms with van der Waals surface area (Å²) in [7, 11) is 0. The van der Waals surface area contributed by atoms with Crippen LogP contribution in [0.2, 0.25) is 0 Å². The average molecular weight is 324 g/mol. The van der Waals surface area contributed by atoms with Crippen molar-refractivity contribution in [2.45, 2.75) is 32.2 Å². The van der Waals surface area contributed by atoms with Crippen LogP contribution in [0.1, 0.15) is 36.9 Å². The quantitative estimate of drug-likeness (QED) is 0.761. The summed E-state index contributed by atoms with van der Waals surface area (Å²) < 4.78 is 0. The lowest BCUT2D eigenvalue weighted by atomic mass is 9.73. The SMILES string of the molecule is CC1C(=O)C=C(N)N=C1N1CCC2(CC1)Cc1ccccc1C2N. The maximum atomic E-state index is 12.0. The zero-order valence-corrected chi connectivity index (χ0v) is 14.0. The first kappa shape index (κ1) is 15.4. The smallest absolute Gasteiger partial charge is 0.169 e. The Labute approximate surface area is 142 Å². The van der Waals surface area contributed by atoms with Crippen molar-refractivity contribution in [3.63, 3.8) is 0 Å². The van der Waals surface area contributed by atoms with Gasteiger partial charge in [0.2, 0.25) is 0 Å². The van der Waals surface area contributed by atoms with E-state index in [1.165, 1.54) is 17.2 Å². The lowest BCUT2D eigenvalue weighted by Crippen LogP contribution is -2.49. The minimum atomic E-state index is -0.208. The van der Waals surface area contributed by atoms with Crippen molar-refractivity contribution in [3.8, 4) is 0 Å². The van der Waals surface area contributed by atoms with Crippen LogP contribution in [0.4, 0.5) is 0 Å². The number of rotatable bonds is 0. The minimum Gasteiger partial charge on any atom is -0.384 e. The van der Waals surface area contributed by atoms with E-state index in [-0.39, 0.29) is 23.2 Å². The number of amidine groups is 1. The van der Waals surface area contributed by atoms with E-state index in [0.717, 1.165) is 38.2 Å². The molecule has 0 bridgehead atoms. The van der Waals surface area contributed by atoms with Crippen LogP contribution in [-0.4, -0.2) is 29.6 Å². The van der Waals surface area contributed by atoms with Crippen LogP contribution in [0.25, 0.3) is 0 Å². The van der Waals surface area contributed by atoms with Crippen molar-refractivity contribution in [1.29, 1.82) is 0 Å². The number of fused-ring (bicyclic) bond motifs is 1. The predicted octanol–water partition coefficient (Wildman–Crippen LogP) is 1.74. The molecular formula is C19H24N4O. The second-order valence-electron chi connectivity index (χ2n) is 7.37. The van der Waals surface area contributed by atoms with Crippen LogP contribution in [0, 0.1) is 11.3 Å². The number of hydrogen-bond acceptors (Lipinski definition) is 5. The Morgan fingerprint density at radius 2 is 1.96 bits per heavy atom. The molecule has 1 fully saturated rings. The molecule has 126 valence electrons. The van der Waals surface area contributed by atoms with E-state index in [4.69, 9.17) is 11.5 Å². The maximum absolute atomic E-state index is 12.0. The normalized spacial score (nSPS) is 28.6. The fraction of sp³-hybridized carbons (Fsp3) is 0.474. The van der Waals surface area contributed by atoms with Gasteiger partial charge in [0.05, 0.1) is 5.92 Å². The van der Waals surface area contributed by atoms with E-state index in [9.17, 15) is 4.79 Å². The van der Waals surface area contributed by atoms with Crippen molar-refractivity contribution in [2.75, 3.05) is 13.1 Å². The molecule has 5 nitrogen and oxygen atoms in total. The first-order chi connectivity index (χ1) is 11.5. The molecule has 2 aliphatic heterocycles. The van der Waals surface area contributed by atoms with Crippen LogP contribution in [0.15, 0.2) is 41.2 Å². The van der Waals surface area contributed by atoms with Crippen LogP contribution in [-0.2, 0) is 11.2 Å². The highest BCUT2D eigenvalue weighted by Crippen LogP contribution is 2.50. The maximum Gasteiger partial charge on any atom is 0.169 e. The number of carbonyl (C=O) groups excluding carboxylic acids is 1.